The molecule has 1 N–H and O–H groups in total. The Bertz CT molecular complexity index is 1150. The van der Waals surface area contributed by atoms with Crippen molar-refractivity contribution in [3.05, 3.63) is 78.3 Å². The van der Waals surface area contributed by atoms with Crippen molar-refractivity contribution < 1.29 is 18.7 Å². The highest BCUT2D eigenvalue weighted by molar-refractivity contribution is 6.08. The smallest absolute Gasteiger partial charge is 0.255 e. The van der Waals surface area contributed by atoms with Gasteiger partial charge in [0.15, 0.2) is 11.5 Å². The highest BCUT2D eigenvalue weighted by atomic mass is 16.5. The molecule has 0 fully saturated rings. The van der Waals surface area contributed by atoms with Gasteiger partial charge in [-0.1, -0.05) is 24.3 Å². The van der Waals surface area contributed by atoms with Crippen LogP contribution in [0.1, 0.15) is 15.9 Å². The Morgan fingerprint density at radius 2 is 1.93 bits per heavy atom. The highest BCUT2D eigenvalue weighted by Crippen LogP contribution is 2.32. The predicted molar refractivity (Wildman–Crippen MR) is 110 cm³/mol. The Morgan fingerprint density at radius 1 is 1.07 bits per heavy atom. The van der Waals surface area contributed by atoms with E-state index in [1.54, 1.807) is 38.9 Å². The van der Waals surface area contributed by atoms with Crippen molar-refractivity contribution in [1.82, 2.24) is 10.3 Å². The lowest BCUT2D eigenvalue weighted by Crippen LogP contribution is -2.22. The number of nitrogens with one attached hydrogen (secondary N) is 1. The molecule has 0 spiro atoms. The van der Waals surface area contributed by atoms with Crippen LogP contribution in [0, 0.1) is 0 Å². The molecule has 0 aliphatic heterocycles. The first-order valence-corrected chi connectivity index (χ1v) is 9.11. The lowest BCUT2D eigenvalue weighted by molar-refractivity contribution is 0.0951. The van der Waals surface area contributed by atoms with Gasteiger partial charge in [0.25, 0.3) is 5.91 Å². The van der Waals surface area contributed by atoms with Gasteiger partial charge in [-0.05, 0) is 29.8 Å². The summed E-state index contributed by atoms with van der Waals surface area (Å²) in [4.78, 5) is 17.0. The van der Waals surface area contributed by atoms with Crippen LogP contribution in [0.25, 0.3) is 22.1 Å². The SMILES string of the molecule is COc1ccc(CNC(=O)c2cccc3c(-c4cccnc4)coc23)cc1OC. The lowest BCUT2D eigenvalue weighted by atomic mass is 10.0. The van der Waals surface area contributed by atoms with E-state index in [0.29, 0.717) is 29.2 Å². The number of amides is 1. The number of fused-ring (bicyclic) bond motifs is 1. The summed E-state index contributed by atoms with van der Waals surface area (Å²) in [6.45, 7) is 0.353. The Hall–Kier alpha value is -3.80. The van der Waals surface area contributed by atoms with Crippen molar-refractivity contribution in [3.8, 4) is 22.6 Å². The number of aromatic nitrogens is 1. The Balaban J connectivity index is 1.57. The van der Waals surface area contributed by atoms with E-state index in [0.717, 1.165) is 22.1 Å². The molecule has 0 saturated heterocycles. The summed E-state index contributed by atoms with van der Waals surface area (Å²) in [7, 11) is 3.17. The van der Waals surface area contributed by atoms with E-state index >= 15 is 0 Å². The van der Waals surface area contributed by atoms with Crippen molar-refractivity contribution in [2.45, 2.75) is 6.54 Å². The lowest BCUT2D eigenvalue weighted by Gasteiger charge is -2.10. The van der Waals surface area contributed by atoms with E-state index in [9.17, 15) is 4.79 Å². The largest absolute Gasteiger partial charge is 0.493 e. The summed E-state index contributed by atoms with van der Waals surface area (Å²) in [5, 5.41) is 3.81. The van der Waals surface area contributed by atoms with Crippen molar-refractivity contribution in [3.63, 3.8) is 0 Å². The standard InChI is InChI=1S/C23H20N2O4/c1-27-20-9-8-15(11-21(20)28-2)12-25-23(26)18-7-3-6-17-19(14-29-22(17)18)16-5-4-10-24-13-16/h3-11,13-14H,12H2,1-2H3,(H,25,26). The number of nitrogens with zero attached hydrogens (tertiary/aromatic N) is 1. The minimum Gasteiger partial charge on any atom is -0.493 e. The topological polar surface area (TPSA) is 73.6 Å². The molecule has 2 aromatic heterocycles. The van der Waals surface area contributed by atoms with Gasteiger partial charge in [-0.2, -0.15) is 0 Å². The third-order valence-corrected chi connectivity index (χ3v) is 4.72. The van der Waals surface area contributed by atoms with Crippen LogP contribution in [-0.2, 0) is 6.54 Å². The number of benzene rings is 2. The summed E-state index contributed by atoms with van der Waals surface area (Å²) < 4.78 is 16.3. The van der Waals surface area contributed by atoms with Crippen molar-refractivity contribution in [2.75, 3.05) is 14.2 Å². The van der Waals surface area contributed by atoms with E-state index in [1.807, 2.05) is 42.5 Å². The third-order valence-electron chi connectivity index (χ3n) is 4.72. The van der Waals surface area contributed by atoms with Crippen LogP contribution in [0.2, 0.25) is 0 Å². The van der Waals surface area contributed by atoms with Crippen LogP contribution in [0.4, 0.5) is 0 Å². The summed E-state index contributed by atoms with van der Waals surface area (Å²) in [5.74, 6) is 1.05. The average Bonchev–Trinajstić information content (AvgIpc) is 3.22. The van der Waals surface area contributed by atoms with Crippen LogP contribution < -0.4 is 14.8 Å². The minimum atomic E-state index is -0.211. The molecular formula is C23H20N2O4. The normalized spacial score (nSPS) is 10.7. The molecule has 146 valence electrons. The summed E-state index contributed by atoms with van der Waals surface area (Å²) in [6.07, 6.45) is 5.15. The van der Waals surface area contributed by atoms with E-state index in [2.05, 4.69) is 10.3 Å². The number of furan rings is 1. The van der Waals surface area contributed by atoms with Gasteiger partial charge in [0.1, 0.15) is 5.58 Å². The van der Waals surface area contributed by atoms with Crippen LogP contribution in [0.3, 0.4) is 0 Å². The molecule has 0 bridgehead atoms. The molecule has 4 rings (SSSR count). The van der Waals surface area contributed by atoms with Crippen LogP contribution >= 0.6 is 0 Å². The highest BCUT2D eigenvalue weighted by Gasteiger charge is 2.16. The second-order valence-electron chi connectivity index (χ2n) is 6.45. The number of carbonyl (C=O) groups is 1. The summed E-state index contributed by atoms with van der Waals surface area (Å²) in [6, 6.07) is 14.9. The van der Waals surface area contributed by atoms with Gasteiger partial charge in [0.2, 0.25) is 0 Å². The molecule has 29 heavy (non-hydrogen) atoms. The Labute approximate surface area is 168 Å². The van der Waals surface area contributed by atoms with Gasteiger partial charge in [-0.3, -0.25) is 9.78 Å². The minimum absolute atomic E-state index is 0.211. The Kier molecular flexibility index (Phi) is 5.16. The molecule has 0 aliphatic carbocycles. The zero-order valence-electron chi connectivity index (χ0n) is 16.1. The van der Waals surface area contributed by atoms with Gasteiger partial charge >= 0.3 is 0 Å². The van der Waals surface area contributed by atoms with E-state index < -0.39 is 0 Å². The summed E-state index contributed by atoms with van der Waals surface area (Å²) in [5.41, 5.74) is 3.78. The number of methoxy groups -OCH3 is 2. The zero-order valence-corrected chi connectivity index (χ0v) is 16.1. The van der Waals surface area contributed by atoms with Gasteiger partial charge in [0.05, 0.1) is 26.0 Å². The zero-order chi connectivity index (χ0) is 20.2. The molecule has 1 amide bonds. The van der Waals surface area contributed by atoms with Crippen molar-refractivity contribution in [2.24, 2.45) is 0 Å². The van der Waals surface area contributed by atoms with Crippen molar-refractivity contribution >= 4 is 16.9 Å². The molecule has 4 aromatic rings. The molecule has 0 unspecified atom stereocenters. The van der Waals surface area contributed by atoms with Gasteiger partial charge in [-0.25, -0.2) is 0 Å². The fourth-order valence-corrected chi connectivity index (χ4v) is 3.25. The second kappa shape index (κ2) is 8.06. The van der Waals surface area contributed by atoms with Gasteiger partial charge in [0, 0.05) is 35.5 Å². The monoisotopic (exact) mass is 388 g/mol. The van der Waals surface area contributed by atoms with Crippen molar-refractivity contribution in [1.29, 1.82) is 0 Å². The van der Waals surface area contributed by atoms with E-state index in [4.69, 9.17) is 13.9 Å². The van der Waals surface area contributed by atoms with Crippen LogP contribution in [-0.4, -0.2) is 25.1 Å². The number of rotatable bonds is 6. The molecule has 6 nitrogen and oxygen atoms in total. The maximum absolute atomic E-state index is 12.8. The number of hydrogen-bond acceptors (Lipinski definition) is 5. The molecule has 2 heterocycles. The molecular weight excluding hydrogens is 368 g/mol. The summed E-state index contributed by atoms with van der Waals surface area (Å²) >= 11 is 0. The molecule has 6 heteroatoms. The van der Waals surface area contributed by atoms with E-state index in [-0.39, 0.29) is 5.91 Å². The van der Waals surface area contributed by atoms with Gasteiger partial charge in [-0.15, -0.1) is 0 Å². The second-order valence-corrected chi connectivity index (χ2v) is 6.45. The quantitative estimate of drug-likeness (QED) is 0.529. The molecule has 0 aliphatic rings. The Morgan fingerprint density at radius 3 is 2.69 bits per heavy atom. The first kappa shape index (κ1) is 18.6. The maximum Gasteiger partial charge on any atom is 0.255 e. The molecule has 0 atom stereocenters. The van der Waals surface area contributed by atoms with E-state index in [1.165, 1.54) is 0 Å². The average molecular weight is 388 g/mol. The maximum atomic E-state index is 12.8. The number of hydrogen-bond donors (Lipinski definition) is 1. The number of pyridine rings is 1. The van der Waals surface area contributed by atoms with Crippen LogP contribution in [0.5, 0.6) is 11.5 Å². The van der Waals surface area contributed by atoms with Gasteiger partial charge < -0.3 is 19.2 Å². The fourth-order valence-electron chi connectivity index (χ4n) is 3.25. The molecule has 0 saturated carbocycles. The third kappa shape index (κ3) is 3.65. The number of carbonyl (C=O) groups excluding carboxylic acids is 1. The predicted octanol–water partition coefficient (Wildman–Crippen LogP) is 4.44. The first-order valence-electron chi connectivity index (χ1n) is 9.11. The number of para-hydroxylation sites is 1. The molecule has 2 aromatic carbocycles. The first-order chi connectivity index (χ1) is 14.2. The molecule has 0 radical (unpaired) electrons. The number of ether oxygens (including phenoxy) is 2. The van der Waals surface area contributed by atoms with Crippen LogP contribution in [0.15, 0.2) is 71.6 Å². The fraction of sp³-hybridized carbons (Fsp3) is 0.130.